The van der Waals surface area contributed by atoms with E-state index in [2.05, 4.69) is 28.6 Å². The van der Waals surface area contributed by atoms with Crippen LogP contribution in [0.5, 0.6) is 0 Å². The van der Waals surface area contributed by atoms with E-state index < -0.39 is 0 Å². The molecule has 3 aromatic rings. The molecule has 3 rings (SSSR count). The highest BCUT2D eigenvalue weighted by molar-refractivity contribution is 6.31. The van der Waals surface area contributed by atoms with E-state index in [1.807, 2.05) is 12.1 Å². The van der Waals surface area contributed by atoms with E-state index in [1.54, 1.807) is 12.1 Å². The van der Waals surface area contributed by atoms with Crippen LogP contribution < -0.4 is 17.7 Å². The zero-order valence-electron chi connectivity index (χ0n) is 12.0. The Kier molecular flexibility index (Phi) is 5.83. The summed E-state index contributed by atoms with van der Waals surface area (Å²) >= 11 is 6.02. The highest BCUT2D eigenvalue weighted by Gasteiger charge is 2.09. The van der Waals surface area contributed by atoms with Crippen LogP contribution in [-0.2, 0) is 13.0 Å². The Morgan fingerprint density at radius 3 is 2.73 bits per heavy atom. The number of benzene rings is 2. The fourth-order valence-electron chi connectivity index (χ4n) is 2.57. The fraction of sp³-hybridized carbons (Fsp3) is 0.176. The van der Waals surface area contributed by atoms with Gasteiger partial charge in [-0.25, -0.2) is 4.39 Å². The number of quaternary nitrogens is 1. The lowest BCUT2D eigenvalue weighted by Gasteiger charge is -2.05. The van der Waals surface area contributed by atoms with Crippen LogP contribution in [0.4, 0.5) is 4.39 Å². The zero-order valence-corrected chi connectivity index (χ0v) is 13.5. The summed E-state index contributed by atoms with van der Waals surface area (Å²) in [5, 5.41) is 3.85. The molecule has 0 radical (unpaired) electrons. The molecule has 0 aliphatic heterocycles. The van der Waals surface area contributed by atoms with Crippen LogP contribution in [-0.4, -0.2) is 11.5 Å². The molecule has 1 aromatic heterocycles. The lowest BCUT2D eigenvalue weighted by molar-refractivity contribution is -0.670. The molecule has 2 nitrogen and oxygen atoms in total. The van der Waals surface area contributed by atoms with Crippen LogP contribution in [0, 0.1) is 5.82 Å². The third-order valence-corrected chi connectivity index (χ3v) is 4.06. The predicted octanol–water partition coefficient (Wildman–Crippen LogP) is 0.270. The summed E-state index contributed by atoms with van der Waals surface area (Å²) in [7, 11) is 0. The van der Waals surface area contributed by atoms with Crippen molar-refractivity contribution in [1.82, 2.24) is 4.98 Å². The average Bonchev–Trinajstić information content (AvgIpc) is 2.89. The number of hydrogen-bond acceptors (Lipinski definition) is 0. The van der Waals surface area contributed by atoms with Crippen molar-refractivity contribution in [1.29, 1.82) is 0 Å². The fourth-order valence-corrected chi connectivity index (χ4v) is 2.81. The Morgan fingerprint density at radius 2 is 1.91 bits per heavy atom. The molecule has 1 heterocycles. The van der Waals surface area contributed by atoms with Gasteiger partial charge in [0.2, 0.25) is 0 Å². The summed E-state index contributed by atoms with van der Waals surface area (Å²) in [6.45, 7) is 1.46. The van der Waals surface area contributed by atoms with Gasteiger partial charge < -0.3 is 22.7 Å². The van der Waals surface area contributed by atoms with E-state index in [4.69, 9.17) is 11.6 Å². The number of para-hydroxylation sites is 1. The van der Waals surface area contributed by atoms with Crippen LogP contribution in [0.2, 0.25) is 5.02 Å². The number of H-pyrrole nitrogens is 1. The summed E-state index contributed by atoms with van der Waals surface area (Å²) in [6, 6.07) is 13.1. The summed E-state index contributed by atoms with van der Waals surface area (Å²) in [5.74, 6) is -0.231. The molecule has 116 valence electrons. The Hall–Kier alpha value is -1.55. The number of halogens is 3. The van der Waals surface area contributed by atoms with Crippen molar-refractivity contribution in [2.24, 2.45) is 0 Å². The highest BCUT2D eigenvalue weighted by atomic mass is 35.5. The van der Waals surface area contributed by atoms with Gasteiger partial charge in [-0.1, -0.05) is 35.9 Å². The van der Waals surface area contributed by atoms with E-state index in [1.165, 1.54) is 17.0 Å². The first kappa shape index (κ1) is 16.8. The monoisotopic (exact) mass is 338 g/mol. The summed E-state index contributed by atoms with van der Waals surface area (Å²) in [4.78, 5) is 3.27. The molecular formula is C17H17Cl2FN2. The molecule has 0 saturated carbocycles. The van der Waals surface area contributed by atoms with Gasteiger partial charge in [0, 0.05) is 23.5 Å². The summed E-state index contributed by atoms with van der Waals surface area (Å²) in [6.07, 6.45) is 2.99. The lowest BCUT2D eigenvalue weighted by atomic mass is 10.1. The van der Waals surface area contributed by atoms with Gasteiger partial charge >= 0.3 is 0 Å². The van der Waals surface area contributed by atoms with Gasteiger partial charge in [0.1, 0.15) is 12.4 Å². The van der Waals surface area contributed by atoms with E-state index in [-0.39, 0.29) is 18.2 Å². The maximum atomic E-state index is 13.6. The summed E-state index contributed by atoms with van der Waals surface area (Å²) < 4.78 is 13.6. The number of rotatable bonds is 5. The Bertz CT molecular complexity index is 735. The van der Waals surface area contributed by atoms with Gasteiger partial charge in [-0.3, -0.25) is 0 Å². The minimum Gasteiger partial charge on any atom is -1.00 e. The van der Waals surface area contributed by atoms with E-state index in [0.717, 1.165) is 18.5 Å². The standard InChI is InChI=1S/C17H16ClFN2.ClH/c18-15-5-3-6-16(19)14(15)11-20-9-8-12-10-21-17-7-2-1-4-13(12)17;/h1-7,10,20-21H,8-9,11H2;1H. The topological polar surface area (TPSA) is 32.4 Å². The lowest BCUT2D eigenvalue weighted by Crippen LogP contribution is -3.00. The molecule has 0 saturated heterocycles. The van der Waals surface area contributed by atoms with E-state index in [9.17, 15) is 4.39 Å². The number of aromatic nitrogens is 1. The zero-order chi connectivity index (χ0) is 14.7. The van der Waals surface area contributed by atoms with E-state index >= 15 is 0 Å². The number of nitrogens with two attached hydrogens (primary N) is 1. The second-order valence-electron chi connectivity index (χ2n) is 5.09. The van der Waals surface area contributed by atoms with Gasteiger partial charge in [0.25, 0.3) is 0 Å². The first-order valence-electron chi connectivity index (χ1n) is 7.05. The molecule has 0 aliphatic rings. The van der Waals surface area contributed by atoms with Crippen LogP contribution >= 0.6 is 11.6 Å². The molecule has 0 unspecified atom stereocenters. The molecule has 0 amide bonds. The predicted molar refractivity (Wildman–Crippen MR) is 83.9 cm³/mol. The SMILES string of the molecule is Fc1cccc(Cl)c1C[NH2+]CCc1c[nH]c2ccccc12.[Cl-]. The van der Waals surface area contributed by atoms with Gasteiger partial charge in [-0.2, -0.15) is 0 Å². The van der Waals surface area contributed by atoms with Gasteiger partial charge in [-0.05, 0) is 23.8 Å². The quantitative estimate of drug-likeness (QED) is 0.626. The maximum Gasteiger partial charge on any atom is 0.133 e. The molecule has 0 bridgehead atoms. The van der Waals surface area contributed by atoms with Crippen molar-refractivity contribution in [3.63, 3.8) is 0 Å². The number of hydrogen-bond donors (Lipinski definition) is 2. The third kappa shape index (κ3) is 3.61. The first-order chi connectivity index (χ1) is 10.3. The second kappa shape index (κ2) is 7.63. The minimum absolute atomic E-state index is 0. The number of aromatic amines is 1. The third-order valence-electron chi connectivity index (χ3n) is 3.70. The molecule has 0 fully saturated rings. The largest absolute Gasteiger partial charge is 1.00 e. The van der Waals surface area contributed by atoms with Crippen LogP contribution in [0.25, 0.3) is 10.9 Å². The van der Waals surface area contributed by atoms with Crippen molar-refractivity contribution in [3.05, 3.63) is 70.6 Å². The molecule has 0 atom stereocenters. The Balaban J connectivity index is 0.00000176. The van der Waals surface area contributed by atoms with Crippen molar-refractivity contribution >= 4 is 22.5 Å². The molecule has 5 heteroatoms. The Labute approximate surface area is 140 Å². The molecule has 3 N–H and O–H groups in total. The van der Waals surface area contributed by atoms with Crippen molar-refractivity contribution in [2.75, 3.05) is 6.54 Å². The van der Waals surface area contributed by atoms with Gasteiger partial charge in [0.05, 0.1) is 17.1 Å². The average molecular weight is 339 g/mol. The summed E-state index contributed by atoms with van der Waals surface area (Å²) in [5.41, 5.74) is 3.03. The molecule has 22 heavy (non-hydrogen) atoms. The second-order valence-corrected chi connectivity index (χ2v) is 5.50. The van der Waals surface area contributed by atoms with Gasteiger partial charge in [-0.15, -0.1) is 0 Å². The van der Waals surface area contributed by atoms with Crippen LogP contribution in [0.3, 0.4) is 0 Å². The van der Waals surface area contributed by atoms with Gasteiger partial charge in [0.15, 0.2) is 0 Å². The highest BCUT2D eigenvalue weighted by Crippen LogP contribution is 2.18. The Morgan fingerprint density at radius 1 is 1.09 bits per heavy atom. The van der Waals surface area contributed by atoms with Crippen LogP contribution in [0.1, 0.15) is 11.1 Å². The molecule has 2 aromatic carbocycles. The normalized spacial score (nSPS) is 10.6. The smallest absolute Gasteiger partial charge is 0.133 e. The number of fused-ring (bicyclic) bond motifs is 1. The van der Waals surface area contributed by atoms with Crippen molar-refractivity contribution in [3.8, 4) is 0 Å². The maximum absolute atomic E-state index is 13.6. The molecule has 0 aliphatic carbocycles. The molecular weight excluding hydrogens is 322 g/mol. The van der Waals surface area contributed by atoms with Crippen LogP contribution in [0.15, 0.2) is 48.7 Å². The van der Waals surface area contributed by atoms with Crippen molar-refractivity contribution in [2.45, 2.75) is 13.0 Å². The first-order valence-corrected chi connectivity index (χ1v) is 7.43. The number of nitrogens with one attached hydrogen (secondary N) is 1. The van der Waals surface area contributed by atoms with E-state index in [0.29, 0.717) is 17.1 Å². The minimum atomic E-state index is -0.231. The van der Waals surface area contributed by atoms with Crippen molar-refractivity contribution < 1.29 is 22.1 Å². The molecule has 0 spiro atoms.